The van der Waals surface area contributed by atoms with Crippen LogP contribution >= 0.6 is 11.3 Å². The lowest BCUT2D eigenvalue weighted by molar-refractivity contribution is 0.389. The van der Waals surface area contributed by atoms with Crippen LogP contribution in [0.5, 0.6) is 0 Å². The maximum atomic E-state index is 4.19. The van der Waals surface area contributed by atoms with E-state index in [4.69, 9.17) is 0 Å². The van der Waals surface area contributed by atoms with Crippen LogP contribution in [0.2, 0.25) is 0 Å². The zero-order valence-corrected chi connectivity index (χ0v) is 9.15. The molecule has 1 aromatic rings. The number of hydrogen-bond acceptors (Lipinski definition) is 4. The van der Waals surface area contributed by atoms with E-state index in [1.54, 1.807) is 11.3 Å². The van der Waals surface area contributed by atoms with Crippen molar-refractivity contribution in [3.8, 4) is 0 Å². The molecule has 78 valence electrons. The van der Waals surface area contributed by atoms with Crippen molar-refractivity contribution in [1.29, 1.82) is 0 Å². The van der Waals surface area contributed by atoms with Crippen LogP contribution in [0.15, 0.2) is 11.6 Å². The summed E-state index contributed by atoms with van der Waals surface area (Å²) in [5.74, 6) is 0. The summed E-state index contributed by atoms with van der Waals surface area (Å²) in [5.41, 5.74) is 0. The Balaban J connectivity index is 1.62. The molecule has 2 heterocycles. The first kappa shape index (κ1) is 9.93. The van der Waals surface area contributed by atoms with Crippen molar-refractivity contribution in [3.63, 3.8) is 0 Å². The number of piperidine rings is 1. The molecule has 1 saturated heterocycles. The van der Waals surface area contributed by atoms with Gasteiger partial charge in [0.05, 0.1) is 0 Å². The number of rotatable bonds is 4. The van der Waals surface area contributed by atoms with E-state index < -0.39 is 0 Å². The van der Waals surface area contributed by atoms with E-state index in [0.717, 1.165) is 17.7 Å². The van der Waals surface area contributed by atoms with E-state index in [1.807, 2.05) is 11.6 Å². The molecule has 1 aromatic heterocycles. The zero-order valence-electron chi connectivity index (χ0n) is 8.33. The summed E-state index contributed by atoms with van der Waals surface area (Å²) in [5, 5.41) is 9.93. The first-order valence-electron chi connectivity index (χ1n) is 5.32. The second-order valence-electron chi connectivity index (χ2n) is 3.70. The van der Waals surface area contributed by atoms with Crippen LogP contribution < -0.4 is 10.6 Å². The normalized spacial score (nSPS) is 22.1. The Morgan fingerprint density at radius 3 is 3.29 bits per heavy atom. The Hall–Kier alpha value is -0.610. The van der Waals surface area contributed by atoms with Crippen molar-refractivity contribution in [2.45, 2.75) is 31.7 Å². The Labute approximate surface area is 88.9 Å². The molecule has 1 atom stereocenters. The average molecular weight is 211 g/mol. The number of anilines is 1. The molecule has 0 amide bonds. The van der Waals surface area contributed by atoms with Crippen LogP contribution in [0.3, 0.4) is 0 Å². The van der Waals surface area contributed by atoms with E-state index in [1.165, 1.54) is 32.2 Å². The van der Waals surface area contributed by atoms with Gasteiger partial charge in [-0.3, -0.25) is 0 Å². The molecule has 1 unspecified atom stereocenters. The topological polar surface area (TPSA) is 37.0 Å². The second kappa shape index (κ2) is 5.32. The molecular weight excluding hydrogens is 194 g/mol. The summed E-state index contributed by atoms with van der Waals surface area (Å²) in [7, 11) is 0. The summed E-state index contributed by atoms with van der Waals surface area (Å²) in [6.07, 6.45) is 7.11. The van der Waals surface area contributed by atoms with Gasteiger partial charge >= 0.3 is 0 Å². The minimum absolute atomic E-state index is 0.719. The highest BCUT2D eigenvalue weighted by atomic mass is 32.1. The maximum absolute atomic E-state index is 4.19. The zero-order chi connectivity index (χ0) is 9.64. The fourth-order valence-electron chi connectivity index (χ4n) is 1.83. The summed E-state index contributed by atoms with van der Waals surface area (Å²) < 4.78 is 0. The first-order chi connectivity index (χ1) is 6.95. The minimum Gasteiger partial charge on any atom is -0.361 e. The van der Waals surface area contributed by atoms with Crippen molar-refractivity contribution >= 4 is 16.5 Å². The van der Waals surface area contributed by atoms with Crippen LogP contribution in [0.25, 0.3) is 0 Å². The van der Waals surface area contributed by atoms with Gasteiger partial charge in [-0.2, -0.15) is 0 Å². The summed E-state index contributed by atoms with van der Waals surface area (Å²) >= 11 is 1.67. The fraction of sp³-hybridized carbons (Fsp3) is 0.700. The van der Waals surface area contributed by atoms with Crippen LogP contribution in [-0.2, 0) is 0 Å². The smallest absolute Gasteiger partial charge is 0.182 e. The molecule has 0 aromatic carbocycles. The predicted molar refractivity (Wildman–Crippen MR) is 60.9 cm³/mol. The molecule has 2 N–H and O–H groups in total. The van der Waals surface area contributed by atoms with Gasteiger partial charge < -0.3 is 10.6 Å². The lowest BCUT2D eigenvalue weighted by Gasteiger charge is -2.23. The van der Waals surface area contributed by atoms with Gasteiger partial charge in [0.15, 0.2) is 5.13 Å². The molecule has 14 heavy (non-hydrogen) atoms. The predicted octanol–water partition coefficient (Wildman–Crippen LogP) is 2.09. The van der Waals surface area contributed by atoms with Crippen molar-refractivity contribution in [1.82, 2.24) is 10.3 Å². The van der Waals surface area contributed by atoms with E-state index in [2.05, 4.69) is 15.6 Å². The van der Waals surface area contributed by atoms with Gasteiger partial charge in [0.2, 0.25) is 0 Å². The van der Waals surface area contributed by atoms with Gasteiger partial charge in [-0.1, -0.05) is 6.42 Å². The molecule has 0 radical (unpaired) electrons. The summed E-state index contributed by atoms with van der Waals surface area (Å²) in [6.45, 7) is 2.23. The van der Waals surface area contributed by atoms with Gasteiger partial charge in [0, 0.05) is 24.2 Å². The van der Waals surface area contributed by atoms with Crippen molar-refractivity contribution < 1.29 is 0 Å². The lowest BCUT2D eigenvalue weighted by atomic mass is 10.0. The second-order valence-corrected chi connectivity index (χ2v) is 4.59. The fourth-order valence-corrected chi connectivity index (χ4v) is 2.39. The quantitative estimate of drug-likeness (QED) is 0.800. The number of hydrogen-bond donors (Lipinski definition) is 2. The molecule has 1 aliphatic heterocycles. The lowest BCUT2D eigenvalue weighted by Crippen LogP contribution is -2.35. The van der Waals surface area contributed by atoms with Gasteiger partial charge in [-0.05, 0) is 25.8 Å². The van der Waals surface area contributed by atoms with Crippen molar-refractivity contribution in [3.05, 3.63) is 11.6 Å². The SMILES string of the molecule is c1csc(NCCC2CCCCN2)n1. The Morgan fingerprint density at radius 1 is 1.57 bits per heavy atom. The monoisotopic (exact) mass is 211 g/mol. The number of thiazole rings is 1. The van der Waals surface area contributed by atoms with E-state index in [9.17, 15) is 0 Å². The molecule has 4 heteroatoms. The van der Waals surface area contributed by atoms with E-state index in [0.29, 0.717) is 0 Å². The largest absolute Gasteiger partial charge is 0.361 e. The molecule has 1 aliphatic rings. The van der Waals surface area contributed by atoms with E-state index in [-0.39, 0.29) is 0 Å². The molecule has 0 spiro atoms. The third-order valence-corrected chi connectivity index (χ3v) is 3.34. The first-order valence-corrected chi connectivity index (χ1v) is 6.20. The summed E-state index contributed by atoms with van der Waals surface area (Å²) in [4.78, 5) is 4.19. The van der Waals surface area contributed by atoms with Crippen LogP contribution in [0.4, 0.5) is 5.13 Å². The Morgan fingerprint density at radius 2 is 2.57 bits per heavy atom. The van der Waals surface area contributed by atoms with Crippen LogP contribution in [0.1, 0.15) is 25.7 Å². The van der Waals surface area contributed by atoms with Crippen LogP contribution in [0, 0.1) is 0 Å². The van der Waals surface area contributed by atoms with Crippen molar-refractivity contribution in [2.24, 2.45) is 0 Å². The van der Waals surface area contributed by atoms with E-state index >= 15 is 0 Å². The van der Waals surface area contributed by atoms with Gasteiger partial charge in [-0.15, -0.1) is 11.3 Å². The molecule has 0 aliphatic carbocycles. The highest BCUT2D eigenvalue weighted by Crippen LogP contribution is 2.12. The van der Waals surface area contributed by atoms with Crippen molar-refractivity contribution in [2.75, 3.05) is 18.4 Å². The third kappa shape index (κ3) is 2.96. The molecule has 3 nitrogen and oxygen atoms in total. The molecule has 1 fully saturated rings. The Bertz CT molecular complexity index is 242. The average Bonchev–Trinajstić information content (AvgIpc) is 2.72. The third-order valence-electron chi connectivity index (χ3n) is 2.61. The number of aromatic nitrogens is 1. The Kier molecular flexibility index (Phi) is 3.77. The molecule has 0 saturated carbocycles. The number of nitrogens with zero attached hydrogens (tertiary/aromatic N) is 1. The molecular formula is C10H17N3S. The number of nitrogens with one attached hydrogen (secondary N) is 2. The summed E-state index contributed by atoms with van der Waals surface area (Å²) in [6, 6.07) is 0.719. The standard InChI is InChI=1S/C10H17N3S/c1-2-5-11-9(3-1)4-6-12-10-13-7-8-14-10/h7-9,11H,1-6H2,(H,12,13). The van der Waals surface area contributed by atoms with Gasteiger partial charge in [0.25, 0.3) is 0 Å². The van der Waals surface area contributed by atoms with Gasteiger partial charge in [0.1, 0.15) is 0 Å². The van der Waals surface area contributed by atoms with Gasteiger partial charge in [-0.25, -0.2) is 4.98 Å². The maximum Gasteiger partial charge on any atom is 0.182 e. The minimum atomic E-state index is 0.719. The van der Waals surface area contributed by atoms with Crippen LogP contribution in [-0.4, -0.2) is 24.1 Å². The molecule has 2 rings (SSSR count). The highest BCUT2D eigenvalue weighted by Gasteiger charge is 2.11. The highest BCUT2D eigenvalue weighted by molar-refractivity contribution is 7.13. The molecule has 0 bridgehead atoms.